The van der Waals surface area contributed by atoms with Crippen molar-refractivity contribution >= 4 is 43.6 Å². The SMILES string of the molecule is N#Cc1cccc(-c2ccc3c(c2)c2ccccc2n3-c2cc(-c3nc(-c4ccccc4)nc(-c4ccccc4)n3)cc(-n3c4ccccc4c4cc(-c5cccc(C#N)c5)ccc43)c2)c1. The highest BCUT2D eigenvalue weighted by Gasteiger charge is 2.21. The summed E-state index contributed by atoms with van der Waals surface area (Å²) in [5, 5.41) is 23.8. The van der Waals surface area contributed by atoms with Gasteiger partial charge in [0.1, 0.15) is 0 Å². The van der Waals surface area contributed by atoms with E-state index in [4.69, 9.17) is 15.0 Å². The predicted molar refractivity (Wildman–Crippen MR) is 265 cm³/mol. The first kappa shape index (κ1) is 38.3. The highest BCUT2D eigenvalue weighted by Crippen LogP contribution is 2.40. The Labute approximate surface area is 380 Å². The zero-order valence-electron chi connectivity index (χ0n) is 35.3. The molecule has 12 aromatic rings. The maximum Gasteiger partial charge on any atom is 0.164 e. The molecule has 306 valence electrons. The Kier molecular flexibility index (Phi) is 9.12. The van der Waals surface area contributed by atoms with Crippen LogP contribution in [0.4, 0.5) is 0 Å². The van der Waals surface area contributed by atoms with E-state index in [1.807, 2.05) is 97.1 Å². The Morgan fingerprint density at radius 1 is 0.288 bits per heavy atom. The minimum Gasteiger partial charge on any atom is -0.309 e. The third-order valence-electron chi connectivity index (χ3n) is 12.4. The number of aromatic nitrogens is 5. The highest BCUT2D eigenvalue weighted by atomic mass is 15.0. The third kappa shape index (κ3) is 6.55. The molecule has 0 aliphatic heterocycles. The minimum atomic E-state index is 0.548. The van der Waals surface area contributed by atoms with Gasteiger partial charge in [-0.3, -0.25) is 0 Å². The first-order valence-electron chi connectivity index (χ1n) is 21.7. The van der Waals surface area contributed by atoms with Crippen LogP contribution in [0.3, 0.4) is 0 Å². The van der Waals surface area contributed by atoms with Gasteiger partial charge in [0, 0.05) is 49.6 Å². The summed E-state index contributed by atoms with van der Waals surface area (Å²) in [5.41, 5.74) is 14.0. The van der Waals surface area contributed by atoms with Gasteiger partial charge in [-0.2, -0.15) is 10.5 Å². The lowest BCUT2D eigenvalue weighted by molar-refractivity contribution is 1.07. The molecule has 7 nitrogen and oxygen atoms in total. The molecule has 0 fully saturated rings. The maximum absolute atomic E-state index is 9.71. The molecule has 0 atom stereocenters. The van der Waals surface area contributed by atoms with E-state index in [1.165, 1.54) is 0 Å². The van der Waals surface area contributed by atoms with Crippen LogP contribution >= 0.6 is 0 Å². The van der Waals surface area contributed by atoms with Crippen LogP contribution in [-0.2, 0) is 0 Å². The Balaban J connectivity index is 1.14. The molecule has 12 rings (SSSR count). The van der Waals surface area contributed by atoms with Gasteiger partial charge in [-0.15, -0.1) is 0 Å². The van der Waals surface area contributed by atoms with Crippen molar-refractivity contribution < 1.29 is 0 Å². The Morgan fingerprint density at radius 3 is 1.12 bits per heavy atom. The fourth-order valence-electron chi connectivity index (χ4n) is 9.32. The molecule has 0 amide bonds. The van der Waals surface area contributed by atoms with Gasteiger partial charge in [-0.1, -0.05) is 133 Å². The Bertz CT molecular complexity index is 3710. The van der Waals surface area contributed by atoms with Crippen molar-refractivity contribution in [1.29, 1.82) is 10.5 Å². The van der Waals surface area contributed by atoms with Gasteiger partial charge >= 0.3 is 0 Å². The molecule has 0 spiro atoms. The van der Waals surface area contributed by atoms with Crippen molar-refractivity contribution in [1.82, 2.24) is 24.1 Å². The molecule has 0 unspecified atom stereocenters. The van der Waals surface area contributed by atoms with Crippen LogP contribution in [-0.4, -0.2) is 24.1 Å². The van der Waals surface area contributed by atoms with Crippen molar-refractivity contribution in [3.63, 3.8) is 0 Å². The van der Waals surface area contributed by atoms with Crippen LogP contribution in [0.5, 0.6) is 0 Å². The summed E-state index contributed by atoms with van der Waals surface area (Å²) in [6, 6.07) is 77.0. The van der Waals surface area contributed by atoms with Gasteiger partial charge in [-0.05, 0) is 101 Å². The van der Waals surface area contributed by atoms with Gasteiger partial charge in [0.2, 0.25) is 0 Å². The zero-order chi connectivity index (χ0) is 44.1. The second-order valence-electron chi connectivity index (χ2n) is 16.3. The third-order valence-corrected chi connectivity index (χ3v) is 12.4. The summed E-state index contributed by atoms with van der Waals surface area (Å²) < 4.78 is 4.66. The number of hydrogen-bond donors (Lipinski definition) is 0. The molecule has 0 N–H and O–H groups in total. The molecule has 66 heavy (non-hydrogen) atoms. The fourth-order valence-corrected chi connectivity index (χ4v) is 9.32. The molecule has 0 bridgehead atoms. The lowest BCUT2D eigenvalue weighted by atomic mass is 10.0. The molecule has 3 aromatic heterocycles. The van der Waals surface area contributed by atoms with E-state index < -0.39 is 0 Å². The van der Waals surface area contributed by atoms with E-state index >= 15 is 0 Å². The van der Waals surface area contributed by atoms with E-state index in [2.05, 4.69) is 137 Å². The average Bonchev–Trinajstić information content (AvgIpc) is 3.91. The van der Waals surface area contributed by atoms with Crippen LogP contribution in [0.1, 0.15) is 11.1 Å². The molecule has 0 radical (unpaired) electrons. The van der Waals surface area contributed by atoms with E-state index in [1.54, 1.807) is 0 Å². The van der Waals surface area contributed by atoms with Crippen molar-refractivity contribution in [3.05, 3.63) is 223 Å². The van der Waals surface area contributed by atoms with E-state index in [0.717, 1.165) is 93.9 Å². The van der Waals surface area contributed by atoms with E-state index in [0.29, 0.717) is 28.6 Å². The van der Waals surface area contributed by atoms with Crippen LogP contribution < -0.4 is 0 Å². The number of hydrogen-bond acceptors (Lipinski definition) is 5. The summed E-state index contributed by atoms with van der Waals surface area (Å²) in [6.45, 7) is 0. The van der Waals surface area contributed by atoms with Gasteiger partial charge in [0.05, 0.1) is 45.3 Å². The molecular formula is C59H35N7. The minimum absolute atomic E-state index is 0.548. The first-order valence-corrected chi connectivity index (χ1v) is 21.7. The summed E-state index contributed by atoms with van der Waals surface area (Å²) in [4.78, 5) is 15.5. The summed E-state index contributed by atoms with van der Waals surface area (Å²) >= 11 is 0. The summed E-state index contributed by atoms with van der Waals surface area (Å²) in [6.07, 6.45) is 0. The Morgan fingerprint density at radius 2 is 0.667 bits per heavy atom. The lowest BCUT2D eigenvalue weighted by Gasteiger charge is -2.16. The van der Waals surface area contributed by atoms with Crippen LogP contribution in [0, 0.1) is 22.7 Å². The Hall–Kier alpha value is -9.43. The molecule has 3 heterocycles. The largest absolute Gasteiger partial charge is 0.309 e. The van der Waals surface area contributed by atoms with Crippen molar-refractivity contribution in [2.24, 2.45) is 0 Å². The number of nitriles is 2. The monoisotopic (exact) mass is 841 g/mol. The molecule has 0 saturated carbocycles. The van der Waals surface area contributed by atoms with E-state index in [-0.39, 0.29) is 0 Å². The lowest BCUT2D eigenvalue weighted by Crippen LogP contribution is -2.03. The smallest absolute Gasteiger partial charge is 0.164 e. The van der Waals surface area contributed by atoms with Gasteiger partial charge in [0.25, 0.3) is 0 Å². The number of para-hydroxylation sites is 2. The molecule has 0 aliphatic rings. The predicted octanol–water partition coefficient (Wildman–Crippen LogP) is 14.1. The summed E-state index contributed by atoms with van der Waals surface area (Å²) in [5.74, 6) is 1.72. The quantitative estimate of drug-likeness (QED) is 0.159. The molecule has 9 aromatic carbocycles. The fraction of sp³-hybridized carbons (Fsp3) is 0. The van der Waals surface area contributed by atoms with Crippen molar-refractivity contribution in [2.75, 3.05) is 0 Å². The molecule has 7 heteroatoms. The normalized spacial score (nSPS) is 11.3. The van der Waals surface area contributed by atoms with Crippen LogP contribution in [0.15, 0.2) is 212 Å². The van der Waals surface area contributed by atoms with E-state index in [9.17, 15) is 10.5 Å². The van der Waals surface area contributed by atoms with Crippen LogP contribution in [0.25, 0.3) is 111 Å². The number of rotatable bonds is 7. The summed E-state index contributed by atoms with van der Waals surface area (Å²) in [7, 11) is 0. The standard InChI is InChI=1S/C59H35N7/c60-36-38-13-11-19-42(29-38)44-25-27-55-51(33-44)49-21-7-9-23-53(49)65(55)47-31-46(59-63-57(40-15-3-1-4-16-40)62-58(64-59)41-17-5-2-6-18-41)32-48(35-47)66-54-24-10-8-22-50(54)52-34-45(26-28-56(52)66)43-20-12-14-39(30-43)37-61/h1-35H. The van der Waals surface area contributed by atoms with Gasteiger partial charge in [-0.25, -0.2) is 15.0 Å². The zero-order valence-corrected chi connectivity index (χ0v) is 35.3. The van der Waals surface area contributed by atoms with Crippen molar-refractivity contribution in [2.45, 2.75) is 0 Å². The second-order valence-corrected chi connectivity index (χ2v) is 16.3. The molecular weight excluding hydrogens is 807 g/mol. The van der Waals surface area contributed by atoms with Crippen LogP contribution in [0.2, 0.25) is 0 Å². The topological polar surface area (TPSA) is 96.1 Å². The molecule has 0 saturated heterocycles. The maximum atomic E-state index is 9.71. The molecule has 0 aliphatic carbocycles. The van der Waals surface area contributed by atoms with Gasteiger partial charge < -0.3 is 9.13 Å². The number of nitrogens with zero attached hydrogens (tertiary/aromatic N) is 7. The highest BCUT2D eigenvalue weighted by molar-refractivity contribution is 6.12. The van der Waals surface area contributed by atoms with Crippen molar-refractivity contribution in [3.8, 4) is 79.9 Å². The first-order chi connectivity index (χ1) is 32.6. The number of benzene rings is 9. The number of fused-ring (bicyclic) bond motifs is 6. The second kappa shape index (κ2) is 15.7. The van der Waals surface area contributed by atoms with Gasteiger partial charge in [0.15, 0.2) is 17.5 Å². The average molecular weight is 842 g/mol.